The van der Waals surface area contributed by atoms with Gasteiger partial charge in [0.2, 0.25) is 5.91 Å². The third-order valence-electron chi connectivity index (χ3n) is 5.08. The Labute approximate surface area is 176 Å². The molecule has 1 aromatic heterocycles. The predicted octanol–water partition coefficient (Wildman–Crippen LogP) is 2.84. The number of benzene rings is 1. The van der Waals surface area contributed by atoms with Gasteiger partial charge in [-0.2, -0.15) is 0 Å². The summed E-state index contributed by atoms with van der Waals surface area (Å²) in [7, 11) is 2.08. The van der Waals surface area contributed by atoms with E-state index in [0.717, 1.165) is 32.5 Å². The number of nitrogens with one attached hydrogen (secondary N) is 2. The summed E-state index contributed by atoms with van der Waals surface area (Å²) in [6, 6.07) is 12.2. The van der Waals surface area contributed by atoms with Crippen molar-refractivity contribution in [1.29, 1.82) is 0 Å². The summed E-state index contributed by atoms with van der Waals surface area (Å²) in [5, 5.41) is 7.74. The standard InChI is InChI=1S/C22H30N4O2S/c1-25(16-18-6-3-2-4-7-18)13-5-11-23-22(28)24-12-8-21(27)26-14-9-20-19(17-26)10-15-29-20/h2-4,6-7,10,15H,5,8-9,11-14,16-17H2,1H3,(H2,23,24,28). The van der Waals surface area contributed by atoms with Crippen molar-refractivity contribution >= 4 is 23.3 Å². The van der Waals surface area contributed by atoms with E-state index < -0.39 is 0 Å². The van der Waals surface area contributed by atoms with E-state index in [1.165, 1.54) is 16.0 Å². The first-order valence-electron chi connectivity index (χ1n) is 10.2. The molecular weight excluding hydrogens is 384 g/mol. The Morgan fingerprint density at radius 3 is 2.76 bits per heavy atom. The van der Waals surface area contributed by atoms with Crippen LogP contribution in [0.5, 0.6) is 0 Å². The Hall–Kier alpha value is -2.38. The normalized spacial score (nSPS) is 13.2. The molecule has 1 aromatic carbocycles. The van der Waals surface area contributed by atoms with Gasteiger partial charge >= 0.3 is 6.03 Å². The van der Waals surface area contributed by atoms with Gasteiger partial charge in [-0.05, 0) is 49.0 Å². The van der Waals surface area contributed by atoms with Crippen molar-refractivity contribution in [3.05, 3.63) is 57.8 Å². The second-order valence-electron chi connectivity index (χ2n) is 7.44. The molecule has 7 heteroatoms. The molecule has 156 valence electrons. The van der Waals surface area contributed by atoms with Crippen LogP contribution in [0.1, 0.15) is 28.8 Å². The molecule has 0 saturated heterocycles. The second-order valence-corrected chi connectivity index (χ2v) is 8.44. The Balaban J connectivity index is 1.23. The van der Waals surface area contributed by atoms with Crippen LogP contribution in [0.25, 0.3) is 0 Å². The van der Waals surface area contributed by atoms with Gasteiger partial charge in [-0.3, -0.25) is 4.79 Å². The van der Waals surface area contributed by atoms with Gasteiger partial charge in [-0.15, -0.1) is 11.3 Å². The minimum atomic E-state index is -0.206. The van der Waals surface area contributed by atoms with E-state index in [4.69, 9.17) is 0 Å². The average Bonchev–Trinajstić information content (AvgIpc) is 3.20. The van der Waals surface area contributed by atoms with Gasteiger partial charge in [0.25, 0.3) is 0 Å². The number of hydrogen-bond donors (Lipinski definition) is 2. The SMILES string of the molecule is CN(CCCNC(=O)NCCC(=O)N1CCc2sccc2C1)Cc1ccccc1. The largest absolute Gasteiger partial charge is 0.338 e. The lowest BCUT2D eigenvalue weighted by atomic mass is 10.1. The Bertz CT molecular complexity index is 793. The highest BCUT2D eigenvalue weighted by Crippen LogP contribution is 2.24. The zero-order chi connectivity index (χ0) is 20.5. The number of carbonyl (C=O) groups is 2. The highest BCUT2D eigenvalue weighted by atomic mass is 32.1. The number of thiophene rings is 1. The molecule has 2 N–H and O–H groups in total. The lowest BCUT2D eigenvalue weighted by Gasteiger charge is -2.27. The van der Waals surface area contributed by atoms with Crippen LogP contribution in [0.15, 0.2) is 41.8 Å². The third-order valence-corrected chi connectivity index (χ3v) is 6.11. The fraction of sp³-hybridized carbons (Fsp3) is 0.455. The second kappa shape index (κ2) is 11.0. The van der Waals surface area contributed by atoms with Gasteiger partial charge in [-0.1, -0.05) is 30.3 Å². The molecule has 1 aliphatic rings. The van der Waals surface area contributed by atoms with Crippen LogP contribution in [0, 0.1) is 0 Å². The van der Waals surface area contributed by atoms with Crippen LogP contribution >= 0.6 is 11.3 Å². The van der Waals surface area contributed by atoms with Crippen molar-refractivity contribution in [2.45, 2.75) is 32.4 Å². The van der Waals surface area contributed by atoms with E-state index in [-0.39, 0.29) is 11.9 Å². The molecule has 29 heavy (non-hydrogen) atoms. The maximum atomic E-state index is 12.3. The molecule has 0 radical (unpaired) electrons. The molecule has 3 rings (SSSR count). The molecule has 0 spiro atoms. The number of hydrogen-bond acceptors (Lipinski definition) is 4. The maximum absolute atomic E-state index is 12.3. The first-order valence-corrected chi connectivity index (χ1v) is 11.1. The lowest BCUT2D eigenvalue weighted by molar-refractivity contribution is -0.131. The number of fused-ring (bicyclic) bond motifs is 1. The zero-order valence-corrected chi connectivity index (χ0v) is 17.8. The van der Waals surface area contributed by atoms with Gasteiger partial charge in [0.05, 0.1) is 0 Å². The summed E-state index contributed by atoms with van der Waals surface area (Å²) in [5.41, 5.74) is 2.55. The van der Waals surface area contributed by atoms with E-state index >= 15 is 0 Å². The molecule has 0 aliphatic carbocycles. The van der Waals surface area contributed by atoms with Crippen LogP contribution < -0.4 is 10.6 Å². The van der Waals surface area contributed by atoms with Crippen LogP contribution in [-0.4, -0.2) is 55.0 Å². The minimum absolute atomic E-state index is 0.102. The Morgan fingerprint density at radius 1 is 1.14 bits per heavy atom. The predicted molar refractivity (Wildman–Crippen MR) is 117 cm³/mol. The van der Waals surface area contributed by atoms with E-state index in [1.54, 1.807) is 11.3 Å². The molecule has 0 atom stereocenters. The average molecular weight is 415 g/mol. The molecule has 0 bridgehead atoms. The smallest absolute Gasteiger partial charge is 0.314 e. The fourth-order valence-corrected chi connectivity index (χ4v) is 4.38. The maximum Gasteiger partial charge on any atom is 0.314 e. The monoisotopic (exact) mass is 414 g/mol. The number of carbonyl (C=O) groups excluding carboxylic acids is 2. The van der Waals surface area contributed by atoms with Crippen molar-refractivity contribution in [3.63, 3.8) is 0 Å². The molecule has 3 amide bonds. The van der Waals surface area contributed by atoms with E-state index in [9.17, 15) is 9.59 Å². The Kier molecular flexibility index (Phi) is 8.07. The van der Waals surface area contributed by atoms with E-state index in [2.05, 4.69) is 46.2 Å². The molecule has 0 saturated carbocycles. The summed E-state index contributed by atoms with van der Waals surface area (Å²) in [5.74, 6) is 0.102. The number of urea groups is 1. The van der Waals surface area contributed by atoms with Gasteiger partial charge in [0.15, 0.2) is 0 Å². The Morgan fingerprint density at radius 2 is 1.93 bits per heavy atom. The summed E-state index contributed by atoms with van der Waals surface area (Å²) < 4.78 is 0. The number of amides is 3. The summed E-state index contributed by atoms with van der Waals surface area (Å²) in [6.07, 6.45) is 2.16. The molecule has 6 nitrogen and oxygen atoms in total. The van der Waals surface area contributed by atoms with Gasteiger partial charge < -0.3 is 20.4 Å². The van der Waals surface area contributed by atoms with E-state index in [0.29, 0.717) is 26.1 Å². The number of rotatable bonds is 9. The van der Waals surface area contributed by atoms with E-state index in [1.807, 2.05) is 23.1 Å². The summed E-state index contributed by atoms with van der Waals surface area (Å²) in [4.78, 5) is 29.8. The summed E-state index contributed by atoms with van der Waals surface area (Å²) in [6.45, 7) is 4.26. The van der Waals surface area contributed by atoms with Gasteiger partial charge in [0, 0.05) is 44.0 Å². The molecule has 0 fully saturated rings. The van der Waals surface area contributed by atoms with Crippen LogP contribution in [0.2, 0.25) is 0 Å². The van der Waals surface area contributed by atoms with Gasteiger partial charge in [-0.25, -0.2) is 4.79 Å². The molecule has 1 aliphatic heterocycles. The third kappa shape index (κ3) is 6.87. The first kappa shape index (κ1) is 21.3. The molecule has 0 unspecified atom stereocenters. The van der Waals surface area contributed by atoms with Crippen molar-refractivity contribution in [3.8, 4) is 0 Å². The van der Waals surface area contributed by atoms with Crippen LogP contribution in [0.3, 0.4) is 0 Å². The van der Waals surface area contributed by atoms with Crippen molar-refractivity contribution in [2.75, 3.05) is 33.2 Å². The molecular formula is C22H30N4O2S. The topological polar surface area (TPSA) is 64.7 Å². The molecule has 2 heterocycles. The van der Waals surface area contributed by atoms with Crippen molar-refractivity contribution in [2.24, 2.45) is 0 Å². The molecule has 2 aromatic rings. The van der Waals surface area contributed by atoms with Crippen molar-refractivity contribution in [1.82, 2.24) is 20.4 Å². The minimum Gasteiger partial charge on any atom is -0.338 e. The van der Waals surface area contributed by atoms with Gasteiger partial charge in [0.1, 0.15) is 0 Å². The highest BCUT2D eigenvalue weighted by Gasteiger charge is 2.21. The fourth-order valence-electron chi connectivity index (χ4n) is 3.49. The quantitative estimate of drug-likeness (QED) is 0.620. The summed E-state index contributed by atoms with van der Waals surface area (Å²) >= 11 is 1.77. The first-order chi connectivity index (χ1) is 14.1. The van der Waals surface area contributed by atoms with Crippen molar-refractivity contribution < 1.29 is 9.59 Å². The number of nitrogens with zero attached hydrogens (tertiary/aromatic N) is 2. The van der Waals surface area contributed by atoms with Crippen LogP contribution in [0.4, 0.5) is 4.79 Å². The van der Waals surface area contributed by atoms with Crippen LogP contribution in [-0.2, 0) is 24.3 Å². The zero-order valence-electron chi connectivity index (χ0n) is 17.0. The lowest BCUT2D eigenvalue weighted by Crippen LogP contribution is -2.40. The highest BCUT2D eigenvalue weighted by molar-refractivity contribution is 7.10.